The lowest BCUT2D eigenvalue weighted by Crippen LogP contribution is -2.10. The molecule has 244 valence electrons. The molecule has 0 aliphatic heterocycles. The molecule has 1 heterocycles. The van der Waals surface area contributed by atoms with Crippen molar-refractivity contribution in [3.63, 3.8) is 0 Å². The van der Waals surface area contributed by atoms with Crippen LogP contribution in [0.25, 0.3) is 75.1 Å². The van der Waals surface area contributed by atoms with Crippen LogP contribution in [0.5, 0.6) is 0 Å². The van der Waals surface area contributed by atoms with E-state index >= 15 is 0 Å². The van der Waals surface area contributed by atoms with Gasteiger partial charge in [0.15, 0.2) is 0 Å². The Morgan fingerprint density at radius 3 is 1.71 bits per heavy atom. The molecule has 0 aliphatic rings. The second-order valence-electron chi connectivity index (χ2n) is 13.3. The van der Waals surface area contributed by atoms with Crippen LogP contribution >= 0.6 is 11.3 Å². The molecule has 0 unspecified atom stereocenters. The van der Waals surface area contributed by atoms with Gasteiger partial charge in [0, 0.05) is 42.8 Å². The second-order valence-corrected chi connectivity index (χ2v) is 14.4. The molecule has 2 heteroatoms. The molecule has 9 aromatic carbocycles. The molecule has 0 aliphatic carbocycles. The van der Waals surface area contributed by atoms with Crippen LogP contribution in [-0.4, -0.2) is 0 Å². The number of hydrogen-bond acceptors (Lipinski definition) is 2. The van der Waals surface area contributed by atoms with Crippen LogP contribution in [0.2, 0.25) is 0 Å². The van der Waals surface area contributed by atoms with E-state index in [0.717, 1.165) is 17.1 Å². The monoisotopic (exact) mass is 679 g/mol. The minimum atomic E-state index is 1.11. The minimum absolute atomic E-state index is 1.11. The van der Waals surface area contributed by atoms with Crippen molar-refractivity contribution in [1.29, 1.82) is 0 Å². The molecule has 0 saturated carbocycles. The van der Waals surface area contributed by atoms with Crippen molar-refractivity contribution in [3.05, 3.63) is 200 Å². The highest BCUT2D eigenvalue weighted by Gasteiger charge is 2.18. The summed E-state index contributed by atoms with van der Waals surface area (Å²) < 4.78 is 2.66. The Kier molecular flexibility index (Phi) is 7.41. The lowest BCUT2D eigenvalue weighted by Gasteiger charge is -2.26. The normalized spacial score (nSPS) is 11.5. The first-order valence-electron chi connectivity index (χ1n) is 17.8. The van der Waals surface area contributed by atoms with Gasteiger partial charge in [-0.2, -0.15) is 0 Å². The zero-order chi connectivity index (χ0) is 34.4. The summed E-state index contributed by atoms with van der Waals surface area (Å²) in [6.45, 7) is 0. The number of nitrogens with zero attached hydrogens (tertiary/aromatic N) is 1. The fourth-order valence-electron chi connectivity index (χ4n) is 7.76. The molecular formula is C50H33NS. The summed E-state index contributed by atoms with van der Waals surface area (Å²) >= 11 is 1.89. The summed E-state index contributed by atoms with van der Waals surface area (Å²) in [5.41, 5.74) is 10.7. The molecule has 0 atom stereocenters. The van der Waals surface area contributed by atoms with E-state index in [9.17, 15) is 0 Å². The number of fused-ring (bicyclic) bond motifs is 5. The van der Waals surface area contributed by atoms with Gasteiger partial charge in [0.25, 0.3) is 0 Å². The minimum Gasteiger partial charge on any atom is -0.310 e. The third-order valence-corrected chi connectivity index (χ3v) is 11.4. The van der Waals surface area contributed by atoms with Gasteiger partial charge in [-0.15, -0.1) is 11.3 Å². The highest BCUT2D eigenvalue weighted by molar-refractivity contribution is 7.26. The Balaban J connectivity index is 1.11. The van der Waals surface area contributed by atoms with Crippen molar-refractivity contribution in [2.45, 2.75) is 0 Å². The Labute approximate surface area is 307 Å². The van der Waals surface area contributed by atoms with Crippen molar-refractivity contribution < 1.29 is 0 Å². The predicted octanol–water partition coefficient (Wildman–Crippen LogP) is 14.8. The first-order chi connectivity index (χ1) is 25.8. The third kappa shape index (κ3) is 5.24. The van der Waals surface area contributed by atoms with Crippen molar-refractivity contribution >= 4 is 70.1 Å². The molecule has 0 fully saturated rings. The smallest absolute Gasteiger partial charge is 0.0467 e. The van der Waals surface area contributed by atoms with Crippen LogP contribution in [0, 0.1) is 0 Å². The van der Waals surface area contributed by atoms with Crippen molar-refractivity contribution in [2.75, 3.05) is 4.90 Å². The Bertz CT molecular complexity index is 2880. The number of anilines is 3. The predicted molar refractivity (Wildman–Crippen MR) is 225 cm³/mol. The van der Waals surface area contributed by atoms with Gasteiger partial charge in [0.05, 0.1) is 0 Å². The summed E-state index contributed by atoms with van der Waals surface area (Å²) in [7, 11) is 0. The van der Waals surface area contributed by atoms with Crippen molar-refractivity contribution in [2.24, 2.45) is 0 Å². The van der Waals surface area contributed by atoms with E-state index in [1.54, 1.807) is 0 Å². The van der Waals surface area contributed by atoms with Crippen LogP contribution in [-0.2, 0) is 0 Å². The van der Waals surface area contributed by atoms with Crippen LogP contribution in [0.1, 0.15) is 0 Å². The lowest BCUT2D eigenvalue weighted by molar-refractivity contribution is 1.28. The summed E-state index contributed by atoms with van der Waals surface area (Å²) in [5.74, 6) is 0. The SMILES string of the molecule is c1ccc(-c2cccc(N(c3ccc(-c4cccc5ccccc45)cc3)c3ccc(-c4c5ccccc5cc5c4sc4ccccc45)cc3)c2)cc1. The molecule has 0 N–H and O–H groups in total. The Morgan fingerprint density at radius 2 is 0.923 bits per heavy atom. The van der Waals surface area contributed by atoms with Gasteiger partial charge < -0.3 is 4.90 Å². The van der Waals surface area contributed by atoms with Crippen molar-refractivity contribution in [1.82, 2.24) is 0 Å². The zero-order valence-corrected chi connectivity index (χ0v) is 29.2. The average Bonchev–Trinajstić information content (AvgIpc) is 3.59. The van der Waals surface area contributed by atoms with Gasteiger partial charge in [-0.05, 0) is 97.9 Å². The summed E-state index contributed by atoms with van der Waals surface area (Å²) in [6.07, 6.45) is 0. The average molecular weight is 680 g/mol. The maximum atomic E-state index is 2.38. The van der Waals surface area contributed by atoms with Gasteiger partial charge in [-0.25, -0.2) is 0 Å². The Morgan fingerprint density at radius 1 is 0.327 bits per heavy atom. The van der Waals surface area contributed by atoms with E-state index in [1.165, 1.54) is 75.1 Å². The van der Waals surface area contributed by atoms with Crippen LogP contribution in [0.4, 0.5) is 17.1 Å². The highest BCUT2D eigenvalue weighted by atomic mass is 32.1. The maximum Gasteiger partial charge on any atom is 0.0467 e. The molecular weight excluding hydrogens is 647 g/mol. The maximum absolute atomic E-state index is 2.38. The molecule has 1 nitrogen and oxygen atoms in total. The van der Waals surface area contributed by atoms with Crippen LogP contribution in [0.3, 0.4) is 0 Å². The Hall–Kier alpha value is -6.48. The molecule has 1 aromatic heterocycles. The highest BCUT2D eigenvalue weighted by Crippen LogP contribution is 2.45. The van der Waals surface area contributed by atoms with E-state index in [1.807, 2.05) is 11.3 Å². The van der Waals surface area contributed by atoms with E-state index in [0.29, 0.717) is 0 Å². The first kappa shape index (κ1) is 30.4. The van der Waals surface area contributed by atoms with E-state index in [-0.39, 0.29) is 0 Å². The fourth-order valence-corrected chi connectivity index (χ4v) is 9.02. The molecule has 0 spiro atoms. The molecule has 0 bridgehead atoms. The van der Waals surface area contributed by atoms with Crippen molar-refractivity contribution in [3.8, 4) is 33.4 Å². The molecule has 10 rings (SSSR count). The number of benzene rings is 9. The quantitative estimate of drug-likeness (QED) is 0.169. The molecule has 10 aromatic rings. The molecule has 0 radical (unpaired) electrons. The second kappa shape index (κ2) is 12.7. The fraction of sp³-hybridized carbons (Fsp3) is 0. The largest absolute Gasteiger partial charge is 0.310 e. The van der Waals surface area contributed by atoms with E-state index < -0.39 is 0 Å². The zero-order valence-electron chi connectivity index (χ0n) is 28.4. The molecule has 52 heavy (non-hydrogen) atoms. The summed E-state index contributed by atoms with van der Waals surface area (Å²) in [6, 6.07) is 72.8. The first-order valence-corrected chi connectivity index (χ1v) is 18.6. The number of hydrogen-bond donors (Lipinski definition) is 0. The van der Waals surface area contributed by atoms with Crippen LogP contribution in [0.15, 0.2) is 200 Å². The summed E-state index contributed by atoms with van der Waals surface area (Å²) in [5, 5.41) is 7.71. The number of thiophene rings is 1. The van der Waals surface area contributed by atoms with Gasteiger partial charge in [-0.1, -0.05) is 152 Å². The van der Waals surface area contributed by atoms with Gasteiger partial charge in [-0.3, -0.25) is 0 Å². The van der Waals surface area contributed by atoms with E-state index in [2.05, 4.69) is 205 Å². The number of rotatable bonds is 6. The summed E-state index contributed by atoms with van der Waals surface area (Å²) in [4.78, 5) is 2.38. The molecule has 0 amide bonds. The molecule has 0 saturated heterocycles. The lowest BCUT2D eigenvalue weighted by atomic mass is 9.95. The van der Waals surface area contributed by atoms with Gasteiger partial charge in [0.2, 0.25) is 0 Å². The van der Waals surface area contributed by atoms with Gasteiger partial charge >= 0.3 is 0 Å². The topological polar surface area (TPSA) is 3.24 Å². The van der Waals surface area contributed by atoms with Gasteiger partial charge in [0.1, 0.15) is 0 Å². The van der Waals surface area contributed by atoms with Crippen LogP contribution < -0.4 is 4.90 Å². The standard InChI is InChI=1S/C50H33NS/c1-2-12-34(13-3-1)38-17-10-18-42(32-38)51(40-28-24-36(25-29-40)44-22-11-16-35-14-4-6-19-43(35)44)41-30-26-37(27-31-41)49-45-20-7-5-15-39(45)33-47-46-21-8-9-23-48(46)52-50(47)49/h1-33H. The third-order valence-electron chi connectivity index (χ3n) is 10.2. The van der Waals surface area contributed by atoms with E-state index in [4.69, 9.17) is 0 Å².